The van der Waals surface area contributed by atoms with E-state index in [-0.39, 0.29) is 11.5 Å². The summed E-state index contributed by atoms with van der Waals surface area (Å²) in [7, 11) is 0. The maximum absolute atomic E-state index is 13.4. The van der Waals surface area contributed by atoms with Crippen molar-refractivity contribution in [3.05, 3.63) is 83.8 Å². The Bertz CT molecular complexity index is 1310. The number of amides is 1. The highest BCUT2D eigenvalue weighted by Gasteiger charge is 2.21. The van der Waals surface area contributed by atoms with E-state index in [1.165, 1.54) is 12.1 Å². The SMILES string of the molecule is Cc1cn(C2CCN(Cc3ccc4c(-c5ccc(F)cc5)cc(C(N)=O)nc4c3)CC2)cn1. The molecule has 0 saturated carbocycles. The fourth-order valence-electron chi connectivity index (χ4n) is 4.64. The molecule has 1 fully saturated rings. The maximum atomic E-state index is 13.4. The molecule has 0 unspecified atom stereocenters. The second kappa shape index (κ2) is 8.75. The van der Waals surface area contributed by atoms with E-state index in [9.17, 15) is 9.18 Å². The third-order valence-corrected chi connectivity index (χ3v) is 6.40. The minimum absolute atomic E-state index is 0.204. The lowest BCUT2D eigenvalue weighted by molar-refractivity contribution is 0.0996. The summed E-state index contributed by atoms with van der Waals surface area (Å²) >= 11 is 0. The molecular weight excluding hydrogens is 417 g/mol. The van der Waals surface area contributed by atoms with Crippen molar-refractivity contribution in [2.24, 2.45) is 5.73 Å². The van der Waals surface area contributed by atoms with E-state index >= 15 is 0 Å². The molecule has 1 saturated heterocycles. The summed E-state index contributed by atoms with van der Waals surface area (Å²) in [4.78, 5) is 23.2. The summed E-state index contributed by atoms with van der Waals surface area (Å²) in [5.41, 5.74) is 10.3. The number of rotatable bonds is 5. The molecule has 7 heteroatoms. The van der Waals surface area contributed by atoms with Crippen molar-refractivity contribution in [2.45, 2.75) is 32.4 Å². The second-order valence-corrected chi connectivity index (χ2v) is 8.75. The van der Waals surface area contributed by atoms with Gasteiger partial charge in [0.25, 0.3) is 5.91 Å². The summed E-state index contributed by atoms with van der Waals surface area (Å²) in [6.07, 6.45) is 6.22. The third-order valence-electron chi connectivity index (χ3n) is 6.40. The van der Waals surface area contributed by atoms with Gasteiger partial charge in [0.05, 0.1) is 17.5 Å². The van der Waals surface area contributed by atoms with Crippen molar-refractivity contribution in [2.75, 3.05) is 13.1 Å². The molecule has 4 aromatic rings. The third kappa shape index (κ3) is 4.50. The summed E-state index contributed by atoms with van der Waals surface area (Å²) in [6, 6.07) is 14.6. The number of imidazole rings is 1. The van der Waals surface area contributed by atoms with E-state index < -0.39 is 5.91 Å². The first-order valence-electron chi connectivity index (χ1n) is 11.2. The number of likely N-dealkylation sites (tertiary alicyclic amines) is 1. The van der Waals surface area contributed by atoms with Crippen molar-refractivity contribution in [3.63, 3.8) is 0 Å². The number of hydrogen-bond donors (Lipinski definition) is 1. The molecule has 6 nitrogen and oxygen atoms in total. The fraction of sp³-hybridized carbons (Fsp3) is 0.269. The lowest BCUT2D eigenvalue weighted by Crippen LogP contribution is -2.33. The number of aryl methyl sites for hydroxylation is 1. The van der Waals surface area contributed by atoms with Gasteiger partial charge < -0.3 is 10.3 Å². The molecule has 5 rings (SSSR count). The van der Waals surface area contributed by atoms with E-state index in [1.54, 1.807) is 18.2 Å². The van der Waals surface area contributed by atoms with E-state index in [2.05, 4.69) is 31.7 Å². The standard InChI is InChI=1S/C26H26FN5O/c1-17-14-32(16-29-17)21-8-10-31(11-9-21)15-18-2-7-22-23(19-3-5-20(27)6-4-19)13-25(26(28)33)30-24(22)12-18/h2-7,12-14,16,21H,8-11,15H2,1H3,(H2,28,33). The Morgan fingerprint density at radius 3 is 2.55 bits per heavy atom. The Morgan fingerprint density at radius 1 is 1.12 bits per heavy atom. The number of carbonyl (C=O) groups is 1. The number of nitrogens with two attached hydrogens (primary N) is 1. The number of pyridine rings is 1. The van der Waals surface area contributed by atoms with Gasteiger partial charge in [-0.2, -0.15) is 0 Å². The van der Waals surface area contributed by atoms with Gasteiger partial charge in [0.2, 0.25) is 0 Å². The van der Waals surface area contributed by atoms with E-state index in [0.29, 0.717) is 11.6 Å². The van der Waals surface area contributed by atoms with Crippen molar-refractivity contribution in [1.82, 2.24) is 19.4 Å². The Balaban J connectivity index is 1.39. The molecule has 168 valence electrons. The molecule has 2 N–H and O–H groups in total. The first-order valence-corrected chi connectivity index (χ1v) is 11.2. The molecule has 0 atom stereocenters. The zero-order valence-electron chi connectivity index (χ0n) is 18.5. The van der Waals surface area contributed by atoms with Gasteiger partial charge >= 0.3 is 0 Å². The van der Waals surface area contributed by atoms with Crippen LogP contribution in [0.4, 0.5) is 4.39 Å². The Kier molecular flexibility index (Phi) is 5.64. The van der Waals surface area contributed by atoms with Gasteiger partial charge in [0.15, 0.2) is 0 Å². The van der Waals surface area contributed by atoms with Crippen LogP contribution in [0.1, 0.15) is 40.6 Å². The highest BCUT2D eigenvalue weighted by molar-refractivity contribution is 6.00. The lowest BCUT2D eigenvalue weighted by atomic mass is 9.98. The number of fused-ring (bicyclic) bond motifs is 1. The number of halogens is 1. The van der Waals surface area contributed by atoms with Gasteiger partial charge in [-0.05, 0) is 60.7 Å². The molecule has 0 aliphatic carbocycles. The van der Waals surface area contributed by atoms with E-state index in [4.69, 9.17) is 5.73 Å². The van der Waals surface area contributed by atoms with Crippen LogP contribution >= 0.6 is 0 Å². The number of hydrogen-bond acceptors (Lipinski definition) is 4. The second-order valence-electron chi connectivity index (χ2n) is 8.75. The minimum atomic E-state index is -0.581. The monoisotopic (exact) mass is 443 g/mol. The molecule has 0 spiro atoms. The van der Waals surface area contributed by atoms with E-state index in [0.717, 1.165) is 60.2 Å². The predicted octanol–water partition coefficient (Wildman–Crippen LogP) is 4.48. The average Bonchev–Trinajstić information content (AvgIpc) is 3.25. The van der Waals surface area contributed by atoms with Gasteiger partial charge in [-0.1, -0.05) is 24.3 Å². The number of carbonyl (C=O) groups excluding carboxylic acids is 1. The predicted molar refractivity (Wildman–Crippen MR) is 126 cm³/mol. The Morgan fingerprint density at radius 2 is 1.88 bits per heavy atom. The highest BCUT2D eigenvalue weighted by Crippen LogP contribution is 2.30. The van der Waals surface area contributed by atoms with Crippen LogP contribution in [0.2, 0.25) is 0 Å². The molecule has 0 radical (unpaired) electrons. The van der Waals surface area contributed by atoms with Crippen molar-refractivity contribution in [1.29, 1.82) is 0 Å². The molecule has 2 aromatic carbocycles. The van der Waals surface area contributed by atoms with Crippen LogP contribution in [0.5, 0.6) is 0 Å². The summed E-state index contributed by atoms with van der Waals surface area (Å²) < 4.78 is 15.7. The van der Waals surface area contributed by atoms with Crippen LogP contribution in [0.25, 0.3) is 22.0 Å². The number of benzene rings is 2. The summed E-state index contributed by atoms with van der Waals surface area (Å²) in [6.45, 7) is 4.86. The summed E-state index contributed by atoms with van der Waals surface area (Å²) in [5.74, 6) is -0.885. The first-order chi connectivity index (χ1) is 16.0. The minimum Gasteiger partial charge on any atom is -0.364 e. The normalized spacial score (nSPS) is 15.2. The smallest absolute Gasteiger partial charge is 0.267 e. The highest BCUT2D eigenvalue weighted by atomic mass is 19.1. The first kappa shape index (κ1) is 21.3. The molecule has 0 bridgehead atoms. The van der Waals surface area contributed by atoms with Crippen LogP contribution in [0.15, 0.2) is 61.1 Å². The molecule has 33 heavy (non-hydrogen) atoms. The number of primary amides is 1. The van der Waals surface area contributed by atoms with Gasteiger partial charge in [0.1, 0.15) is 11.5 Å². The van der Waals surface area contributed by atoms with Gasteiger partial charge in [-0.15, -0.1) is 0 Å². The lowest BCUT2D eigenvalue weighted by Gasteiger charge is -2.32. The number of aromatic nitrogens is 3. The van der Waals surface area contributed by atoms with Crippen molar-refractivity contribution >= 4 is 16.8 Å². The quantitative estimate of drug-likeness (QED) is 0.493. The number of nitrogens with zero attached hydrogens (tertiary/aromatic N) is 4. The van der Waals surface area contributed by atoms with Gasteiger partial charge in [-0.3, -0.25) is 9.69 Å². The van der Waals surface area contributed by atoms with Gasteiger partial charge in [-0.25, -0.2) is 14.4 Å². The molecular formula is C26H26FN5O. The zero-order chi connectivity index (χ0) is 22.9. The largest absolute Gasteiger partial charge is 0.364 e. The van der Waals surface area contributed by atoms with Crippen LogP contribution in [-0.4, -0.2) is 38.4 Å². The van der Waals surface area contributed by atoms with Crippen molar-refractivity contribution in [3.8, 4) is 11.1 Å². The fourth-order valence-corrected chi connectivity index (χ4v) is 4.64. The van der Waals surface area contributed by atoms with Crippen LogP contribution in [0, 0.1) is 12.7 Å². The van der Waals surface area contributed by atoms with Crippen LogP contribution in [0.3, 0.4) is 0 Å². The Labute approximate surface area is 191 Å². The van der Waals surface area contributed by atoms with Crippen LogP contribution in [-0.2, 0) is 6.54 Å². The average molecular weight is 444 g/mol. The van der Waals surface area contributed by atoms with Crippen molar-refractivity contribution < 1.29 is 9.18 Å². The molecule has 1 aliphatic heterocycles. The number of piperidine rings is 1. The maximum Gasteiger partial charge on any atom is 0.267 e. The topological polar surface area (TPSA) is 77.0 Å². The van der Waals surface area contributed by atoms with Crippen LogP contribution < -0.4 is 5.73 Å². The Hall–Kier alpha value is -3.58. The molecule has 2 aromatic heterocycles. The van der Waals surface area contributed by atoms with E-state index in [1.807, 2.05) is 25.4 Å². The van der Waals surface area contributed by atoms with Gasteiger partial charge in [0, 0.05) is 37.3 Å². The molecule has 1 aliphatic rings. The molecule has 1 amide bonds. The summed E-state index contributed by atoms with van der Waals surface area (Å²) in [5, 5.41) is 0.907. The zero-order valence-corrected chi connectivity index (χ0v) is 18.5. The molecule has 3 heterocycles.